The van der Waals surface area contributed by atoms with Gasteiger partial charge in [-0.2, -0.15) is 4.99 Å². The van der Waals surface area contributed by atoms with Crippen molar-refractivity contribution >= 4 is 58.1 Å². The van der Waals surface area contributed by atoms with Crippen molar-refractivity contribution < 1.29 is 33.5 Å². The van der Waals surface area contributed by atoms with Crippen LogP contribution in [0, 0.1) is 11.8 Å². The summed E-state index contributed by atoms with van der Waals surface area (Å²) in [6.07, 6.45) is 4.78. The molecule has 4 aromatic rings. The SMILES string of the molecule is C=CC[C@H](NC(=O)[C@H](CCCN=C(N)N)NC(=O)[C@H](Cc1c[nH]c2ccccc12)NC(=O)C1CCCC1C(=O)C(CCC)=NC(=O)OCC1c2ccccc2-c2ccccc21)C(N)=O. The predicted octanol–water partition coefficient (Wildman–Crippen LogP) is 4.46. The zero-order valence-corrected chi connectivity index (χ0v) is 36.0. The van der Waals surface area contributed by atoms with Gasteiger partial charge in [0.05, 0.1) is 5.71 Å². The van der Waals surface area contributed by atoms with Gasteiger partial charge in [-0.25, -0.2) is 4.79 Å². The third-order valence-corrected chi connectivity index (χ3v) is 11.9. The highest BCUT2D eigenvalue weighted by Crippen LogP contribution is 2.44. The van der Waals surface area contributed by atoms with E-state index < -0.39 is 65.5 Å². The van der Waals surface area contributed by atoms with E-state index in [1.807, 2.05) is 79.7 Å². The molecule has 64 heavy (non-hydrogen) atoms. The van der Waals surface area contributed by atoms with Crippen LogP contribution in [-0.4, -0.2) is 83.4 Å². The molecule has 10 N–H and O–H groups in total. The number of ketones is 1. The van der Waals surface area contributed by atoms with Crippen LogP contribution in [0.1, 0.15) is 80.9 Å². The number of H-pyrrole nitrogens is 1. The van der Waals surface area contributed by atoms with Crippen LogP contribution >= 0.6 is 0 Å². The van der Waals surface area contributed by atoms with Crippen LogP contribution in [-0.2, 0) is 35.1 Å². The second kappa shape index (κ2) is 21.8. The van der Waals surface area contributed by atoms with Crippen LogP contribution in [0.3, 0.4) is 0 Å². The van der Waals surface area contributed by atoms with Crippen molar-refractivity contribution in [3.8, 4) is 11.1 Å². The lowest BCUT2D eigenvalue weighted by Crippen LogP contribution is -2.57. The summed E-state index contributed by atoms with van der Waals surface area (Å²) in [5.41, 5.74) is 22.4. The molecule has 1 aromatic heterocycles. The molecule has 2 unspecified atom stereocenters. The average Bonchev–Trinajstić information content (AvgIpc) is 4.02. The molecule has 16 heteroatoms. The van der Waals surface area contributed by atoms with Gasteiger partial charge in [-0.3, -0.25) is 29.0 Å². The van der Waals surface area contributed by atoms with Gasteiger partial charge in [-0.15, -0.1) is 6.58 Å². The van der Waals surface area contributed by atoms with Gasteiger partial charge in [0.25, 0.3) is 0 Å². The highest BCUT2D eigenvalue weighted by molar-refractivity contribution is 6.42. The highest BCUT2D eigenvalue weighted by Gasteiger charge is 2.41. The Balaban J connectivity index is 1.19. The van der Waals surface area contributed by atoms with Crippen molar-refractivity contribution in [2.45, 2.75) is 88.8 Å². The van der Waals surface area contributed by atoms with Crippen LogP contribution in [0.15, 0.2) is 102 Å². The first-order chi connectivity index (χ1) is 30.9. The quantitative estimate of drug-likeness (QED) is 0.0269. The largest absolute Gasteiger partial charge is 0.447 e. The zero-order chi connectivity index (χ0) is 45.8. The molecule has 336 valence electrons. The van der Waals surface area contributed by atoms with E-state index in [1.165, 1.54) is 6.08 Å². The number of carbonyl (C=O) groups is 6. The molecule has 0 bridgehead atoms. The van der Waals surface area contributed by atoms with Crippen molar-refractivity contribution in [2.75, 3.05) is 13.2 Å². The number of carbonyl (C=O) groups excluding carboxylic acids is 6. The number of fused-ring (bicyclic) bond motifs is 4. The monoisotopic (exact) mass is 871 g/mol. The number of nitrogens with one attached hydrogen (secondary N) is 4. The fourth-order valence-corrected chi connectivity index (χ4v) is 8.75. The zero-order valence-electron chi connectivity index (χ0n) is 36.0. The van der Waals surface area contributed by atoms with Crippen molar-refractivity contribution in [2.24, 2.45) is 39.0 Å². The maximum Gasteiger partial charge on any atom is 0.433 e. The molecule has 5 amide bonds. The average molecular weight is 872 g/mol. The van der Waals surface area contributed by atoms with Crippen molar-refractivity contribution in [1.82, 2.24) is 20.9 Å². The molecule has 6 rings (SSSR count). The molecule has 5 atom stereocenters. The van der Waals surface area contributed by atoms with Gasteiger partial charge >= 0.3 is 6.09 Å². The van der Waals surface area contributed by atoms with E-state index in [9.17, 15) is 28.8 Å². The summed E-state index contributed by atoms with van der Waals surface area (Å²) in [6.45, 7) is 5.69. The number of para-hydroxylation sites is 1. The van der Waals surface area contributed by atoms with E-state index in [0.29, 0.717) is 25.7 Å². The number of hydrogen-bond acceptors (Lipinski definition) is 8. The number of aromatic amines is 1. The first-order valence-electron chi connectivity index (χ1n) is 21.8. The van der Waals surface area contributed by atoms with Gasteiger partial charge in [0, 0.05) is 47.8 Å². The molecule has 0 saturated heterocycles. The van der Waals surface area contributed by atoms with Crippen LogP contribution < -0.4 is 33.2 Å². The maximum atomic E-state index is 14.4. The van der Waals surface area contributed by atoms with Gasteiger partial charge in [-0.1, -0.05) is 92.6 Å². The first kappa shape index (κ1) is 46.4. The van der Waals surface area contributed by atoms with Crippen LogP contribution in [0.4, 0.5) is 4.79 Å². The number of nitrogens with zero attached hydrogens (tertiary/aromatic N) is 2. The Morgan fingerprint density at radius 2 is 1.48 bits per heavy atom. The van der Waals surface area contributed by atoms with Crippen LogP contribution in [0.2, 0.25) is 0 Å². The number of aliphatic imine (C=N–C) groups is 2. The Morgan fingerprint density at radius 3 is 2.16 bits per heavy atom. The predicted molar refractivity (Wildman–Crippen MR) is 245 cm³/mol. The molecule has 2 aliphatic carbocycles. The molecule has 0 spiro atoms. The summed E-state index contributed by atoms with van der Waals surface area (Å²) in [6, 6.07) is 20.0. The van der Waals surface area contributed by atoms with Gasteiger partial charge in [0.1, 0.15) is 24.7 Å². The van der Waals surface area contributed by atoms with Crippen molar-refractivity contribution in [1.29, 1.82) is 0 Å². The molecular weight excluding hydrogens is 815 g/mol. The van der Waals surface area contributed by atoms with Crippen LogP contribution in [0.5, 0.6) is 0 Å². The van der Waals surface area contributed by atoms with E-state index in [1.54, 1.807) is 6.20 Å². The highest BCUT2D eigenvalue weighted by atomic mass is 16.5. The number of Topliss-reactive ketones (excluding diaryl/α,β-unsaturated/α-hetero) is 1. The Kier molecular flexibility index (Phi) is 15.8. The van der Waals surface area contributed by atoms with Gasteiger partial charge in [0.15, 0.2) is 11.7 Å². The molecule has 2 aliphatic rings. The Labute approximate surface area is 371 Å². The van der Waals surface area contributed by atoms with Gasteiger partial charge in [0.2, 0.25) is 23.6 Å². The number of ether oxygens (including phenoxy) is 1. The number of benzene rings is 3. The number of hydrogen-bond donors (Lipinski definition) is 7. The van der Waals surface area contributed by atoms with E-state index in [2.05, 4.69) is 37.5 Å². The van der Waals surface area contributed by atoms with E-state index in [-0.39, 0.29) is 62.8 Å². The van der Waals surface area contributed by atoms with Crippen LogP contribution in [0.25, 0.3) is 22.0 Å². The Bertz CT molecular complexity index is 2390. The Hall–Kier alpha value is -7.10. The standard InChI is InChI=1S/C48H57N9O7/c1-3-13-38(57-48(63)64-27-36-32-18-7-5-16-30(32)31-17-6-8-19-33(31)36)42(58)34-20-11-21-35(34)44(60)56-41(25-28-26-53-37-22-10-9-15-29(28)37)46(62)55-40(23-12-24-52-47(50)51)45(61)54-39(14-4-2)43(49)59/h4-10,15-19,22,26,34-36,39-41,53H,2-3,11-14,20-21,23-25,27H2,1H3,(H2,49,59)(H,54,61)(H,55,62)(H,56,60)(H4,50,51,52)/t34?,35?,39-,40-,41-/m0/s1. The number of rotatable bonds is 21. The maximum absolute atomic E-state index is 14.4. The molecule has 1 heterocycles. The number of guanidine groups is 1. The fraction of sp³-hybridized carbons (Fsp3) is 0.375. The molecular formula is C48H57N9O7. The van der Waals surface area contributed by atoms with Crippen molar-refractivity contribution in [3.05, 3.63) is 108 Å². The fourth-order valence-electron chi connectivity index (χ4n) is 8.75. The smallest absolute Gasteiger partial charge is 0.433 e. The summed E-state index contributed by atoms with van der Waals surface area (Å²) < 4.78 is 5.72. The second-order valence-electron chi connectivity index (χ2n) is 16.2. The first-order valence-corrected chi connectivity index (χ1v) is 21.8. The van der Waals surface area contributed by atoms with Crippen molar-refractivity contribution in [3.63, 3.8) is 0 Å². The van der Waals surface area contributed by atoms with E-state index in [4.69, 9.17) is 21.9 Å². The summed E-state index contributed by atoms with van der Waals surface area (Å²) >= 11 is 0. The Morgan fingerprint density at radius 1 is 0.844 bits per heavy atom. The van der Waals surface area contributed by atoms with E-state index >= 15 is 0 Å². The lowest BCUT2D eigenvalue weighted by Gasteiger charge is -2.26. The minimum Gasteiger partial charge on any atom is -0.447 e. The molecule has 0 radical (unpaired) electrons. The third kappa shape index (κ3) is 11.3. The molecule has 16 nitrogen and oxygen atoms in total. The summed E-state index contributed by atoms with van der Waals surface area (Å²) in [7, 11) is 0. The molecule has 1 fully saturated rings. The summed E-state index contributed by atoms with van der Waals surface area (Å²) in [4.78, 5) is 93.4. The molecule has 1 saturated carbocycles. The molecule has 3 aromatic carbocycles. The second-order valence-corrected chi connectivity index (χ2v) is 16.2. The lowest BCUT2D eigenvalue weighted by atomic mass is 9.87. The van der Waals surface area contributed by atoms with E-state index in [0.717, 1.165) is 38.7 Å². The summed E-state index contributed by atoms with van der Waals surface area (Å²) in [5.74, 6) is -5.03. The summed E-state index contributed by atoms with van der Waals surface area (Å²) in [5, 5.41) is 9.11. The number of primary amides is 1. The van der Waals surface area contributed by atoms with Gasteiger partial charge < -0.3 is 42.9 Å². The normalized spacial score (nSPS) is 17.0. The minimum absolute atomic E-state index is 0.0277. The third-order valence-electron chi connectivity index (χ3n) is 11.9. The number of nitrogens with two attached hydrogens (primary N) is 3. The van der Waals surface area contributed by atoms with Gasteiger partial charge in [-0.05, 0) is 72.4 Å². The lowest BCUT2D eigenvalue weighted by molar-refractivity contribution is -0.135. The number of amides is 5. The minimum atomic E-state index is -1.21. The number of aromatic nitrogens is 1. The molecule has 0 aliphatic heterocycles. The topological polar surface area (TPSA) is 266 Å².